The Kier molecular flexibility index (Phi) is 10.8. The van der Waals surface area contributed by atoms with E-state index in [1.165, 1.54) is 18.2 Å². The summed E-state index contributed by atoms with van der Waals surface area (Å²) in [7, 11) is 0. The maximum atomic E-state index is 12.3. The van der Waals surface area contributed by atoms with Gasteiger partial charge in [0.25, 0.3) is 0 Å². The zero-order valence-electron chi connectivity index (χ0n) is 10.5. The van der Waals surface area contributed by atoms with Crippen LogP contribution in [0.25, 0.3) is 0 Å². The largest absolute Gasteiger partial charge is 0.399 e. The van der Waals surface area contributed by atoms with Crippen molar-refractivity contribution in [2.75, 3.05) is 11.5 Å². The van der Waals surface area contributed by atoms with E-state index >= 15 is 0 Å². The monoisotopic (exact) mass is 349 g/mol. The molecule has 0 saturated heterocycles. The van der Waals surface area contributed by atoms with Crippen molar-refractivity contribution in [3.05, 3.63) is 58.6 Å². The molecule has 0 atom stereocenters. The average molecular weight is 350 g/mol. The molecule has 0 saturated carbocycles. The Bertz CT molecular complexity index is 576. The fourth-order valence-corrected chi connectivity index (χ4v) is 1.28. The molecule has 0 aliphatic carbocycles. The summed E-state index contributed by atoms with van der Waals surface area (Å²) in [5, 5.41) is 0.0648. The molecule has 0 aliphatic heterocycles. The molecular weight excluding hydrogens is 338 g/mol. The number of hydrogen-bond donors (Lipinski definition) is 3. The van der Waals surface area contributed by atoms with Crippen LogP contribution in [0.15, 0.2) is 30.3 Å². The standard InChI is InChI=1S/C6H5ClFN.C6H4F3N.Ar.H3N/c7-5-3-4(9)1-2-6(5)8;7-4-1-3(10)2-5(8)6(4)9;;/h1-3H,9H2;1-2H,10H2;;1H3. The molecule has 3 nitrogen and oxygen atoms in total. The van der Waals surface area contributed by atoms with Gasteiger partial charge in [0.05, 0.1) is 5.02 Å². The van der Waals surface area contributed by atoms with Crippen molar-refractivity contribution in [2.24, 2.45) is 0 Å². The molecule has 0 spiro atoms. The minimum atomic E-state index is -1.49. The third-order valence-corrected chi connectivity index (χ3v) is 2.24. The van der Waals surface area contributed by atoms with Crippen LogP contribution < -0.4 is 17.6 Å². The van der Waals surface area contributed by atoms with E-state index in [0.29, 0.717) is 5.69 Å². The van der Waals surface area contributed by atoms with Crippen LogP contribution in [0.3, 0.4) is 0 Å². The van der Waals surface area contributed by atoms with Gasteiger partial charge in [0, 0.05) is 61.2 Å². The van der Waals surface area contributed by atoms with Crippen LogP contribution in [0, 0.1) is 61.0 Å². The van der Waals surface area contributed by atoms with Crippen molar-refractivity contribution in [1.82, 2.24) is 6.15 Å². The van der Waals surface area contributed by atoms with E-state index in [0.717, 1.165) is 12.1 Å². The number of anilines is 2. The number of benzene rings is 2. The second-order valence-electron chi connectivity index (χ2n) is 3.47. The molecule has 0 heterocycles. The molecule has 0 bridgehead atoms. The van der Waals surface area contributed by atoms with E-state index in [9.17, 15) is 17.6 Å². The first-order valence-corrected chi connectivity index (χ1v) is 5.29. The van der Waals surface area contributed by atoms with Gasteiger partial charge in [-0.2, -0.15) is 0 Å². The second-order valence-corrected chi connectivity index (χ2v) is 3.88. The average Bonchev–Trinajstić information content (AvgIpc) is 2.32. The van der Waals surface area contributed by atoms with E-state index < -0.39 is 23.3 Å². The van der Waals surface area contributed by atoms with Crippen LogP contribution in [0.4, 0.5) is 28.9 Å². The molecule has 7 N–H and O–H groups in total. The number of halogens is 5. The van der Waals surface area contributed by atoms with Gasteiger partial charge in [0.15, 0.2) is 17.5 Å². The maximum absolute atomic E-state index is 12.3. The predicted molar refractivity (Wildman–Crippen MR) is 71.6 cm³/mol. The molecule has 0 unspecified atom stereocenters. The third kappa shape index (κ3) is 7.19. The summed E-state index contributed by atoms with van der Waals surface area (Å²) in [6.45, 7) is 0. The summed E-state index contributed by atoms with van der Waals surface area (Å²) >= 11 is 5.36. The number of rotatable bonds is 0. The summed E-state index contributed by atoms with van der Waals surface area (Å²) < 4.78 is 48.7. The van der Waals surface area contributed by atoms with Crippen molar-refractivity contribution >= 4 is 23.0 Å². The van der Waals surface area contributed by atoms with E-state index in [4.69, 9.17) is 23.1 Å². The number of nitrogen functional groups attached to an aromatic ring is 2. The van der Waals surface area contributed by atoms with Crippen LogP contribution in [0.2, 0.25) is 5.02 Å². The molecular formula is C12H12ArClF4N3. The molecule has 21 heavy (non-hydrogen) atoms. The summed E-state index contributed by atoms with van der Waals surface area (Å²) in [4.78, 5) is 0. The molecule has 2 aromatic rings. The molecule has 9 heteroatoms. The smallest absolute Gasteiger partial charge is 0.194 e. The van der Waals surface area contributed by atoms with E-state index in [2.05, 4.69) is 0 Å². The van der Waals surface area contributed by atoms with Crippen molar-refractivity contribution in [2.45, 2.75) is 0 Å². The topological polar surface area (TPSA) is 87.0 Å². The Morgan fingerprint density at radius 3 is 1.62 bits per heavy atom. The second kappa shape index (κ2) is 10.1. The summed E-state index contributed by atoms with van der Waals surface area (Å²) in [6, 6.07) is 5.51. The SMILES string of the molecule is N.Nc1cc(F)c(F)c(F)c1.Nc1ccc(F)c(Cl)c1.[Ar]. The van der Waals surface area contributed by atoms with E-state index in [-0.39, 0.29) is 54.6 Å². The summed E-state index contributed by atoms with van der Waals surface area (Å²) in [5.41, 5.74) is 10.6. The Balaban J connectivity index is 0. The molecule has 2 rings (SSSR count). The summed E-state index contributed by atoms with van der Waals surface area (Å²) in [6.07, 6.45) is 0. The fourth-order valence-electron chi connectivity index (χ4n) is 1.09. The normalized spacial score (nSPS) is 8.81. The van der Waals surface area contributed by atoms with Crippen LogP contribution in [-0.2, 0) is 0 Å². The summed E-state index contributed by atoms with van der Waals surface area (Å²) in [5.74, 6) is -4.46. The van der Waals surface area contributed by atoms with Crippen molar-refractivity contribution in [3.8, 4) is 0 Å². The van der Waals surface area contributed by atoms with Gasteiger partial charge in [0.2, 0.25) is 0 Å². The number of nitrogens with two attached hydrogens (primary N) is 2. The van der Waals surface area contributed by atoms with Crippen molar-refractivity contribution in [1.29, 1.82) is 0 Å². The Labute approximate surface area is 153 Å². The zero-order chi connectivity index (χ0) is 14.6. The van der Waals surface area contributed by atoms with Crippen LogP contribution in [-0.4, -0.2) is 0 Å². The van der Waals surface area contributed by atoms with Gasteiger partial charge in [-0.25, -0.2) is 17.6 Å². The molecule has 118 valence electrons. The van der Waals surface area contributed by atoms with Crippen LogP contribution in [0.5, 0.6) is 0 Å². The first-order valence-electron chi connectivity index (χ1n) is 4.91. The van der Waals surface area contributed by atoms with Crippen LogP contribution in [0.1, 0.15) is 0 Å². The van der Waals surface area contributed by atoms with Gasteiger partial charge < -0.3 is 17.6 Å². The van der Waals surface area contributed by atoms with Gasteiger partial charge in [-0.1, -0.05) is 11.6 Å². The maximum Gasteiger partial charge on any atom is 0.194 e. The molecule has 2 aromatic carbocycles. The van der Waals surface area contributed by atoms with E-state index in [1.807, 2.05) is 0 Å². The Morgan fingerprint density at radius 1 is 0.762 bits per heavy atom. The Morgan fingerprint density at radius 2 is 1.24 bits per heavy atom. The quantitative estimate of drug-likeness (QED) is 0.383. The first-order chi connectivity index (χ1) is 8.81. The molecule has 0 aliphatic rings. The third-order valence-electron chi connectivity index (χ3n) is 1.95. The van der Waals surface area contributed by atoms with Gasteiger partial charge in [-0.3, -0.25) is 0 Å². The molecule has 0 aromatic heterocycles. The Hall–Kier alpha value is -0.730. The molecule has 0 radical (unpaired) electrons. The van der Waals surface area contributed by atoms with Gasteiger partial charge in [-0.15, -0.1) is 0 Å². The minimum Gasteiger partial charge on any atom is -0.399 e. The van der Waals surface area contributed by atoms with Gasteiger partial charge in [-0.05, 0) is 18.2 Å². The van der Waals surface area contributed by atoms with Gasteiger partial charge >= 0.3 is 0 Å². The van der Waals surface area contributed by atoms with Crippen LogP contribution >= 0.6 is 11.6 Å². The van der Waals surface area contributed by atoms with Crippen molar-refractivity contribution in [3.63, 3.8) is 0 Å². The zero-order valence-corrected chi connectivity index (χ0v) is 12.0. The van der Waals surface area contributed by atoms with Gasteiger partial charge in [0.1, 0.15) is 5.82 Å². The van der Waals surface area contributed by atoms with E-state index in [1.54, 1.807) is 0 Å². The predicted octanol–water partition coefficient (Wildman–Crippen LogP) is 3.91. The first kappa shape index (κ1) is 22.5. The van der Waals surface area contributed by atoms with Crippen molar-refractivity contribution < 1.29 is 55.3 Å². The molecule has 0 fully saturated rings. The fraction of sp³-hybridized carbons (Fsp3) is 0. The molecule has 0 amide bonds. The minimum absolute atomic E-state index is 0. The number of hydrogen-bond acceptors (Lipinski definition) is 3.